The minimum Gasteiger partial charge on any atom is -0.508 e. The first kappa shape index (κ1) is 13.4. The lowest BCUT2D eigenvalue weighted by Gasteiger charge is -2.06. The van der Waals surface area contributed by atoms with Crippen LogP contribution in [0.1, 0.15) is 31.2 Å². The Hall–Kier alpha value is -2.04. The van der Waals surface area contributed by atoms with E-state index >= 15 is 0 Å². The van der Waals surface area contributed by atoms with E-state index in [1.807, 2.05) is 12.1 Å². The molecule has 19 heavy (non-hydrogen) atoms. The zero-order valence-corrected chi connectivity index (χ0v) is 10.6. The Morgan fingerprint density at radius 3 is 2.47 bits per heavy atom. The van der Waals surface area contributed by atoms with Crippen molar-refractivity contribution in [3.63, 3.8) is 0 Å². The summed E-state index contributed by atoms with van der Waals surface area (Å²) in [5, 5.41) is 11.3. The van der Waals surface area contributed by atoms with Gasteiger partial charge in [0.2, 0.25) is 0 Å². The highest BCUT2D eigenvalue weighted by molar-refractivity contribution is 5.99. The van der Waals surface area contributed by atoms with Gasteiger partial charge in [-0.1, -0.05) is 18.6 Å². The summed E-state index contributed by atoms with van der Waals surface area (Å²) in [6.45, 7) is 0. The van der Waals surface area contributed by atoms with Crippen LogP contribution in [0.2, 0.25) is 0 Å². The quantitative estimate of drug-likeness (QED) is 0.771. The number of nitrogens with one attached hydrogen (secondary N) is 1. The highest BCUT2D eigenvalue weighted by Gasteiger charge is 2.31. The van der Waals surface area contributed by atoms with Crippen LogP contribution >= 0.6 is 0 Å². The normalized spacial score (nSPS) is 18.2. The van der Waals surface area contributed by atoms with Crippen LogP contribution < -0.4 is 5.32 Å². The molecule has 2 N–H and O–H groups in total. The van der Waals surface area contributed by atoms with Crippen molar-refractivity contribution in [2.24, 2.45) is 0 Å². The molecular formula is C14H17NO4. The van der Waals surface area contributed by atoms with Crippen LogP contribution in [0.4, 0.5) is 4.79 Å². The van der Waals surface area contributed by atoms with Crippen LogP contribution in [0.3, 0.4) is 0 Å². The lowest BCUT2D eigenvalue weighted by atomic mass is 10.0. The average Bonchev–Trinajstić information content (AvgIpc) is 2.70. The van der Waals surface area contributed by atoms with E-state index < -0.39 is 12.2 Å². The van der Waals surface area contributed by atoms with Crippen LogP contribution in [0, 0.1) is 0 Å². The van der Waals surface area contributed by atoms with Crippen LogP contribution in [-0.2, 0) is 16.0 Å². The predicted molar refractivity (Wildman–Crippen MR) is 68.7 cm³/mol. The number of carbonyl (C=O) groups is 2. The number of phenolic OH excluding ortho intramolecular Hbond substituents is 1. The molecule has 0 bridgehead atoms. The molecule has 0 aliphatic carbocycles. The van der Waals surface area contributed by atoms with Gasteiger partial charge >= 0.3 is 6.09 Å². The molecule has 0 spiro atoms. The SMILES string of the molecule is O=C1NC(=O)[C@H](CCCCCc2ccc(O)cc2)O1. The molecule has 1 aliphatic heterocycles. The predicted octanol–water partition coefficient (Wildman–Crippen LogP) is 2.13. The minimum absolute atomic E-state index is 0.276. The van der Waals surface area contributed by atoms with Gasteiger partial charge in [0.25, 0.3) is 5.91 Å². The molecule has 1 heterocycles. The van der Waals surface area contributed by atoms with Crippen molar-refractivity contribution >= 4 is 12.0 Å². The fourth-order valence-electron chi connectivity index (χ4n) is 2.08. The van der Waals surface area contributed by atoms with Crippen molar-refractivity contribution in [1.82, 2.24) is 5.32 Å². The number of carbonyl (C=O) groups excluding carboxylic acids is 2. The maximum absolute atomic E-state index is 11.2. The Labute approximate surface area is 111 Å². The largest absolute Gasteiger partial charge is 0.508 e. The number of imide groups is 1. The van der Waals surface area contributed by atoms with Crippen molar-refractivity contribution in [2.75, 3.05) is 0 Å². The molecule has 0 saturated carbocycles. The van der Waals surface area contributed by atoms with Gasteiger partial charge < -0.3 is 9.84 Å². The number of aryl methyl sites for hydroxylation is 1. The van der Waals surface area contributed by atoms with Gasteiger partial charge in [0.1, 0.15) is 5.75 Å². The van der Waals surface area contributed by atoms with Crippen molar-refractivity contribution in [2.45, 2.75) is 38.2 Å². The first-order valence-corrected chi connectivity index (χ1v) is 6.44. The molecule has 0 aromatic heterocycles. The first-order valence-electron chi connectivity index (χ1n) is 6.44. The summed E-state index contributed by atoms with van der Waals surface area (Å²) in [5.74, 6) is -0.0543. The number of alkyl carbamates (subject to hydrolysis) is 1. The fraction of sp³-hybridized carbons (Fsp3) is 0.429. The number of hydrogen-bond acceptors (Lipinski definition) is 4. The standard InChI is InChI=1S/C14H17NO4/c16-11-8-6-10(7-9-11)4-2-1-3-5-12-13(17)15-14(18)19-12/h6-9,12,16H,1-5H2,(H,15,17,18)/t12-/m0/s1. The van der Waals surface area contributed by atoms with Gasteiger partial charge in [-0.2, -0.15) is 0 Å². The number of amides is 2. The summed E-state index contributed by atoms with van der Waals surface area (Å²) in [6.07, 6.45) is 3.10. The third kappa shape index (κ3) is 3.98. The Balaban J connectivity index is 1.61. The molecule has 1 saturated heterocycles. The Bertz CT molecular complexity index is 455. The maximum atomic E-state index is 11.2. The topological polar surface area (TPSA) is 75.6 Å². The van der Waals surface area contributed by atoms with Crippen molar-refractivity contribution in [3.8, 4) is 5.75 Å². The molecule has 0 radical (unpaired) electrons. The van der Waals surface area contributed by atoms with Crippen LogP contribution in [0.5, 0.6) is 5.75 Å². The Morgan fingerprint density at radius 1 is 1.11 bits per heavy atom. The molecule has 1 aliphatic rings. The Kier molecular flexibility index (Phi) is 4.39. The molecule has 2 rings (SSSR count). The second kappa shape index (κ2) is 6.22. The second-order valence-electron chi connectivity index (χ2n) is 4.65. The van der Waals surface area contributed by atoms with Crippen molar-refractivity contribution < 1.29 is 19.4 Å². The van der Waals surface area contributed by atoms with Gasteiger partial charge in [-0.05, 0) is 43.4 Å². The van der Waals surface area contributed by atoms with Crippen molar-refractivity contribution in [1.29, 1.82) is 0 Å². The van der Waals surface area contributed by atoms with Gasteiger partial charge in [-0.3, -0.25) is 10.1 Å². The average molecular weight is 263 g/mol. The summed E-state index contributed by atoms with van der Waals surface area (Å²) >= 11 is 0. The summed E-state index contributed by atoms with van der Waals surface area (Å²) in [4.78, 5) is 22.0. The van der Waals surface area contributed by atoms with E-state index in [1.54, 1.807) is 12.1 Å². The number of cyclic esters (lactones) is 1. The summed E-state index contributed by atoms with van der Waals surface area (Å²) in [5.41, 5.74) is 1.18. The van der Waals surface area contributed by atoms with Crippen LogP contribution in [-0.4, -0.2) is 23.2 Å². The van der Waals surface area contributed by atoms with E-state index in [4.69, 9.17) is 9.84 Å². The summed E-state index contributed by atoms with van der Waals surface area (Å²) < 4.78 is 4.82. The molecule has 1 aromatic rings. The lowest BCUT2D eigenvalue weighted by Crippen LogP contribution is -2.24. The number of benzene rings is 1. The zero-order valence-electron chi connectivity index (χ0n) is 10.6. The van der Waals surface area contributed by atoms with Gasteiger partial charge in [0.05, 0.1) is 0 Å². The monoisotopic (exact) mass is 263 g/mol. The highest BCUT2D eigenvalue weighted by atomic mass is 16.6. The van der Waals surface area contributed by atoms with Crippen LogP contribution in [0.15, 0.2) is 24.3 Å². The number of unbranched alkanes of at least 4 members (excludes halogenated alkanes) is 2. The summed E-state index contributed by atoms with van der Waals surface area (Å²) in [6, 6.07) is 7.17. The maximum Gasteiger partial charge on any atom is 0.414 e. The molecule has 1 atom stereocenters. The zero-order chi connectivity index (χ0) is 13.7. The minimum atomic E-state index is -0.640. The second-order valence-corrected chi connectivity index (χ2v) is 4.65. The fourth-order valence-corrected chi connectivity index (χ4v) is 2.08. The van der Waals surface area contributed by atoms with E-state index in [9.17, 15) is 9.59 Å². The van der Waals surface area contributed by atoms with Gasteiger partial charge in [-0.15, -0.1) is 0 Å². The molecule has 5 nitrogen and oxygen atoms in total. The molecular weight excluding hydrogens is 246 g/mol. The van der Waals surface area contributed by atoms with E-state index in [-0.39, 0.29) is 11.7 Å². The number of hydrogen-bond donors (Lipinski definition) is 2. The summed E-state index contributed by atoms with van der Waals surface area (Å²) in [7, 11) is 0. The van der Waals surface area contributed by atoms with E-state index in [2.05, 4.69) is 5.32 Å². The molecule has 1 fully saturated rings. The smallest absolute Gasteiger partial charge is 0.414 e. The number of ether oxygens (including phenoxy) is 1. The van der Waals surface area contributed by atoms with Gasteiger partial charge in [0.15, 0.2) is 6.10 Å². The molecule has 1 aromatic carbocycles. The Morgan fingerprint density at radius 2 is 1.84 bits per heavy atom. The highest BCUT2D eigenvalue weighted by Crippen LogP contribution is 2.15. The molecule has 0 unspecified atom stereocenters. The third-order valence-corrected chi connectivity index (χ3v) is 3.14. The van der Waals surface area contributed by atoms with E-state index in [0.29, 0.717) is 6.42 Å². The van der Waals surface area contributed by atoms with Crippen molar-refractivity contribution in [3.05, 3.63) is 29.8 Å². The van der Waals surface area contributed by atoms with E-state index in [1.165, 1.54) is 5.56 Å². The number of rotatable bonds is 6. The third-order valence-electron chi connectivity index (χ3n) is 3.14. The molecule has 5 heteroatoms. The van der Waals surface area contributed by atoms with Crippen LogP contribution in [0.25, 0.3) is 0 Å². The molecule has 102 valence electrons. The van der Waals surface area contributed by atoms with E-state index in [0.717, 1.165) is 25.7 Å². The van der Waals surface area contributed by atoms with Gasteiger partial charge in [-0.25, -0.2) is 4.79 Å². The van der Waals surface area contributed by atoms with Gasteiger partial charge in [0, 0.05) is 0 Å². The number of phenols is 1. The first-order chi connectivity index (χ1) is 9.15. The lowest BCUT2D eigenvalue weighted by molar-refractivity contribution is -0.123. The molecule has 2 amide bonds. The number of aromatic hydroxyl groups is 1.